The molecule has 2 aromatic rings. The average molecular weight is 423 g/mol. The molecule has 0 unspecified atom stereocenters. The first-order valence-electron chi connectivity index (χ1n) is 9.23. The average Bonchev–Trinajstić information content (AvgIpc) is 2.93. The normalized spacial score (nSPS) is 14.9. The number of aryl methyl sites for hydroxylation is 2. The summed E-state index contributed by atoms with van der Waals surface area (Å²) in [5, 5.41) is 4.88. The summed E-state index contributed by atoms with van der Waals surface area (Å²) in [5.41, 5.74) is 4.09. The van der Waals surface area contributed by atoms with Crippen molar-refractivity contribution in [3.63, 3.8) is 0 Å². The van der Waals surface area contributed by atoms with Crippen molar-refractivity contribution in [2.75, 3.05) is 17.2 Å². The second kappa shape index (κ2) is 8.96. The van der Waals surface area contributed by atoms with Crippen molar-refractivity contribution in [2.24, 2.45) is 0 Å². The van der Waals surface area contributed by atoms with Gasteiger partial charge in [-0.1, -0.05) is 18.2 Å². The van der Waals surface area contributed by atoms with E-state index in [9.17, 15) is 19.2 Å². The summed E-state index contributed by atoms with van der Waals surface area (Å²) in [5.74, 6) is -1.13. The first kappa shape index (κ1) is 21.3. The van der Waals surface area contributed by atoms with Crippen LogP contribution < -0.4 is 10.6 Å². The van der Waals surface area contributed by atoms with Crippen LogP contribution in [-0.2, 0) is 14.4 Å². The minimum atomic E-state index is -0.508. The molecule has 1 fully saturated rings. The molecule has 7 nitrogen and oxygen atoms in total. The number of nitrogens with zero attached hydrogens (tertiary/aromatic N) is 1. The summed E-state index contributed by atoms with van der Waals surface area (Å²) in [6, 6.07) is 12.4. The molecule has 0 bridgehead atoms. The molecule has 1 heterocycles. The molecule has 0 spiro atoms. The van der Waals surface area contributed by atoms with Crippen LogP contribution in [0.4, 0.5) is 16.2 Å². The Kier molecular flexibility index (Phi) is 6.37. The molecule has 0 atom stereocenters. The molecule has 154 valence electrons. The summed E-state index contributed by atoms with van der Waals surface area (Å²) < 4.78 is 0. The Hall–Kier alpha value is -3.39. The molecule has 2 N–H and O–H groups in total. The molecular weight excluding hydrogens is 402 g/mol. The zero-order valence-electron chi connectivity index (χ0n) is 16.8. The Labute approximate surface area is 178 Å². The largest absolute Gasteiger partial charge is 0.326 e. The lowest BCUT2D eigenvalue weighted by molar-refractivity contribution is -0.127. The molecule has 1 saturated heterocycles. The quantitative estimate of drug-likeness (QED) is 0.711. The molecule has 0 radical (unpaired) electrons. The van der Waals surface area contributed by atoms with E-state index in [2.05, 4.69) is 10.6 Å². The molecule has 0 aliphatic carbocycles. The van der Waals surface area contributed by atoms with Crippen LogP contribution >= 0.6 is 11.8 Å². The number of carbonyl (C=O) groups is 4. The first-order valence-corrected chi connectivity index (χ1v) is 10.0. The van der Waals surface area contributed by atoms with Crippen molar-refractivity contribution in [1.82, 2.24) is 4.90 Å². The van der Waals surface area contributed by atoms with Gasteiger partial charge in [-0.05, 0) is 72.6 Å². The first-order chi connectivity index (χ1) is 14.2. The van der Waals surface area contributed by atoms with Crippen LogP contribution in [0.25, 0.3) is 6.08 Å². The Balaban J connectivity index is 1.66. The number of anilines is 2. The SMILES string of the molecule is CC(=O)Nc1ccc(/C=C2\SC(=O)N(CC(=O)Nc3ccc(C)c(C)c3)C2=O)cc1. The third-order valence-corrected chi connectivity index (χ3v) is 5.40. The van der Waals surface area contributed by atoms with Gasteiger partial charge in [0.2, 0.25) is 11.8 Å². The molecule has 8 heteroatoms. The van der Waals surface area contributed by atoms with E-state index in [0.29, 0.717) is 16.9 Å². The lowest BCUT2D eigenvalue weighted by Crippen LogP contribution is -2.36. The van der Waals surface area contributed by atoms with Gasteiger partial charge in [0.15, 0.2) is 0 Å². The van der Waals surface area contributed by atoms with Crippen molar-refractivity contribution in [2.45, 2.75) is 20.8 Å². The predicted octanol–water partition coefficient (Wildman–Crippen LogP) is 3.94. The molecule has 4 amide bonds. The van der Waals surface area contributed by atoms with Gasteiger partial charge in [-0.25, -0.2) is 0 Å². The number of carbonyl (C=O) groups excluding carboxylic acids is 4. The van der Waals surface area contributed by atoms with E-state index in [4.69, 9.17) is 0 Å². The van der Waals surface area contributed by atoms with E-state index in [1.165, 1.54) is 6.92 Å². The van der Waals surface area contributed by atoms with Crippen molar-refractivity contribution in [3.8, 4) is 0 Å². The lowest BCUT2D eigenvalue weighted by Gasteiger charge is -2.13. The summed E-state index contributed by atoms with van der Waals surface area (Å²) in [4.78, 5) is 49.4. The molecule has 1 aliphatic heterocycles. The van der Waals surface area contributed by atoms with E-state index in [1.54, 1.807) is 36.4 Å². The van der Waals surface area contributed by atoms with Crippen LogP contribution in [0.2, 0.25) is 0 Å². The molecule has 3 rings (SSSR count). The van der Waals surface area contributed by atoms with Crippen LogP contribution in [0.1, 0.15) is 23.6 Å². The van der Waals surface area contributed by atoms with Crippen molar-refractivity contribution in [3.05, 3.63) is 64.1 Å². The predicted molar refractivity (Wildman–Crippen MR) is 118 cm³/mol. The molecule has 2 aromatic carbocycles. The second-order valence-corrected chi connectivity index (χ2v) is 7.91. The lowest BCUT2D eigenvalue weighted by atomic mass is 10.1. The number of nitrogens with one attached hydrogen (secondary N) is 2. The highest BCUT2D eigenvalue weighted by Gasteiger charge is 2.36. The number of benzene rings is 2. The van der Waals surface area contributed by atoms with Crippen molar-refractivity contribution < 1.29 is 19.2 Å². The fourth-order valence-electron chi connectivity index (χ4n) is 2.82. The number of imide groups is 1. The smallest absolute Gasteiger partial charge is 0.294 e. The third-order valence-electron chi connectivity index (χ3n) is 4.49. The van der Waals surface area contributed by atoms with E-state index >= 15 is 0 Å². The summed E-state index contributed by atoms with van der Waals surface area (Å²) in [6.45, 7) is 4.98. The Morgan fingerprint density at radius 1 is 0.967 bits per heavy atom. The van der Waals surface area contributed by atoms with Gasteiger partial charge in [0, 0.05) is 18.3 Å². The van der Waals surface area contributed by atoms with Gasteiger partial charge in [0.05, 0.1) is 4.91 Å². The maximum absolute atomic E-state index is 12.6. The number of rotatable bonds is 5. The molecule has 30 heavy (non-hydrogen) atoms. The topological polar surface area (TPSA) is 95.6 Å². The van der Waals surface area contributed by atoms with Crippen LogP contribution in [-0.4, -0.2) is 34.4 Å². The van der Waals surface area contributed by atoms with E-state index < -0.39 is 17.1 Å². The minimum absolute atomic E-state index is 0.178. The Bertz CT molecular complexity index is 1060. The summed E-state index contributed by atoms with van der Waals surface area (Å²) in [6.07, 6.45) is 1.59. The van der Waals surface area contributed by atoms with Crippen LogP contribution in [0.5, 0.6) is 0 Å². The number of amides is 4. The highest BCUT2D eigenvalue weighted by molar-refractivity contribution is 8.18. The Morgan fingerprint density at radius 3 is 2.27 bits per heavy atom. The fraction of sp³-hybridized carbons (Fsp3) is 0.182. The number of hydrogen-bond acceptors (Lipinski definition) is 5. The molecular formula is C22H21N3O4S. The molecule has 0 saturated carbocycles. The van der Waals surface area contributed by atoms with Crippen molar-refractivity contribution in [1.29, 1.82) is 0 Å². The van der Waals surface area contributed by atoms with Crippen molar-refractivity contribution >= 4 is 52.2 Å². The summed E-state index contributed by atoms with van der Waals surface area (Å²) in [7, 11) is 0. The van der Waals surface area contributed by atoms with E-state index in [1.807, 2.05) is 26.0 Å². The van der Waals surface area contributed by atoms with Crippen LogP contribution in [0, 0.1) is 13.8 Å². The van der Waals surface area contributed by atoms with Gasteiger partial charge in [-0.2, -0.15) is 0 Å². The number of hydrogen-bond donors (Lipinski definition) is 2. The number of thioether (sulfide) groups is 1. The van der Waals surface area contributed by atoms with E-state index in [0.717, 1.165) is 27.8 Å². The summed E-state index contributed by atoms with van der Waals surface area (Å²) >= 11 is 0.793. The van der Waals surface area contributed by atoms with Gasteiger partial charge in [-0.3, -0.25) is 24.1 Å². The van der Waals surface area contributed by atoms with Gasteiger partial charge in [-0.15, -0.1) is 0 Å². The highest BCUT2D eigenvalue weighted by Crippen LogP contribution is 2.32. The van der Waals surface area contributed by atoms with Gasteiger partial charge < -0.3 is 10.6 Å². The van der Waals surface area contributed by atoms with Gasteiger partial charge in [0.25, 0.3) is 11.1 Å². The third kappa shape index (κ3) is 5.15. The Morgan fingerprint density at radius 2 is 1.63 bits per heavy atom. The highest BCUT2D eigenvalue weighted by atomic mass is 32.2. The molecule has 0 aromatic heterocycles. The zero-order chi connectivity index (χ0) is 21.8. The maximum Gasteiger partial charge on any atom is 0.294 e. The minimum Gasteiger partial charge on any atom is -0.326 e. The van der Waals surface area contributed by atoms with Crippen LogP contribution in [0.15, 0.2) is 47.4 Å². The standard InChI is InChI=1S/C22H21N3O4S/c1-13-4-7-18(10-14(13)2)24-20(27)12-25-21(28)19(30-22(25)29)11-16-5-8-17(9-6-16)23-15(3)26/h4-11H,12H2,1-3H3,(H,23,26)(H,24,27)/b19-11-. The van der Waals surface area contributed by atoms with Gasteiger partial charge >= 0.3 is 0 Å². The van der Waals surface area contributed by atoms with E-state index in [-0.39, 0.29) is 17.4 Å². The maximum atomic E-state index is 12.6. The zero-order valence-corrected chi connectivity index (χ0v) is 17.6. The second-order valence-electron chi connectivity index (χ2n) is 6.92. The van der Waals surface area contributed by atoms with Crippen LogP contribution in [0.3, 0.4) is 0 Å². The molecule has 1 aliphatic rings. The fourth-order valence-corrected chi connectivity index (χ4v) is 3.66. The van der Waals surface area contributed by atoms with Gasteiger partial charge in [0.1, 0.15) is 6.54 Å². The monoisotopic (exact) mass is 423 g/mol.